The molecule has 2 N–H and O–H groups in total. The average Bonchev–Trinajstić information content (AvgIpc) is 2.76. The van der Waals surface area contributed by atoms with Gasteiger partial charge in [-0.15, -0.1) is 0 Å². The molecule has 1 amide bonds. The van der Waals surface area contributed by atoms with Crippen molar-refractivity contribution in [1.82, 2.24) is 14.7 Å². The molecule has 0 aromatic carbocycles. The summed E-state index contributed by atoms with van der Waals surface area (Å²) < 4.78 is 1.81. The van der Waals surface area contributed by atoms with Gasteiger partial charge in [-0.3, -0.25) is 9.20 Å². The van der Waals surface area contributed by atoms with E-state index in [1.54, 1.807) is 6.08 Å². The van der Waals surface area contributed by atoms with E-state index >= 15 is 0 Å². The minimum atomic E-state index is -0.718. The van der Waals surface area contributed by atoms with Gasteiger partial charge in [-0.2, -0.15) is 0 Å². The molecule has 0 bridgehead atoms. The predicted molar refractivity (Wildman–Crippen MR) is 81.0 cm³/mol. The summed E-state index contributed by atoms with van der Waals surface area (Å²) in [7, 11) is 0. The predicted octanol–water partition coefficient (Wildman–Crippen LogP) is 2.03. The minimum absolute atomic E-state index is 0.253. The zero-order valence-corrected chi connectivity index (χ0v) is 12.2. The monoisotopic (exact) mass is 305 g/mol. The number of nitrogens with zero attached hydrogens (tertiary/aromatic N) is 2. The van der Waals surface area contributed by atoms with Gasteiger partial charge in [-0.25, -0.2) is 4.98 Å². The summed E-state index contributed by atoms with van der Waals surface area (Å²) in [6.45, 7) is 0.289. The molecule has 6 heteroatoms. The lowest BCUT2D eigenvalue weighted by molar-refractivity contribution is -0.118. The van der Waals surface area contributed by atoms with E-state index in [-0.39, 0.29) is 12.5 Å². The second-order valence-corrected chi connectivity index (χ2v) is 5.70. The topological polar surface area (TPSA) is 66.6 Å². The van der Waals surface area contributed by atoms with Gasteiger partial charge in [-0.1, -0.05) is 17.7 Å². The lowest BCUT2D eigenvalue weighted by Crippen LogP contribution is -2.47. The van der Waals surface area contributed by atoms with Crippen LogP contribution in [0.2, 0.25) is 5.15 Å². The van der Waals surface area contributed by atoms with Crippen molar-refractivity contribution in [3.63, 3.8) is 0 Å². The lowest BCUT2D eigenvalue weighted by atomic mass is 9.80. The molecule has 5 nitrogen and oxygen atoms in total. The van der Waals surface area contributed by atoms with Gasteiger partial charge >= 0.3 is 0 Å². The summed E-state index contributed by atoms with van der Waals surface area (Å²) >= 11 is 6.08. The van der Waals surface area contributed by atoms with Crippen LogP contribution < -0.4 is 5.32 Å². The summed E-state index contributed by atoms with van der Waals surface area (Å²) in [5.41, 5.74) is 0.667. The number of fused-ring (bicyclic) bond motifs is 1. The van der Waals surface area contributed by atoms with E-state index in [0.717, 1.165) is 24.9 Å². The van der Waals surface area contributed by atoms with Gasteiger partial charge in [0.15, 0.2) is 5.15 Å². The summed E-state index contributed by atoms with van der Waals surface area (Å²) in [6, 6.07) is 5.59. The molecule has 0 radical (unpaired) electrons. The molecule has 0 aliphatic heterocycles. The Morgan fingerprint density at radius 1 is 1.52 bits per heavy atom. The molecule has 110 valence electrons. The van der Waals surface area contributed by atoms with Gasteiger partial charge in [0, 0.05) is 18.8 Å². The molecule has 0 spiro atoms. The molecular formula is C15H16ClN3O2. The van der Waals surface area contributed by atoms with Crippen molar-refractivity contribution in [3.8, 4) is 0 Å². The number of nitrogens with one attached hydrogen (secondary N) is 1. The summed E-state index contributed by atoms with van der Waals surface area (Å²) in [4.78, 5) is 16.0. The normalized spacial score (nSPS) is 17.0. The maximum absolute atomic E-state index is 11.8. The molecule has 0 unspecified atom stereocenters. The van der Waals surface area contributed by atoms with Gasteiger partial charge in [-0.05, 0) is 37.5 Å². The lowest BCUT2D eigenvalue weighted by Gasteiger charge is -2.36. The molecule has 2 aromatic heterocycles. The molecule has 3 rings (SSSR count). The third-order valence-electron chi connectivity index (χ3n) is 3.79. The summed E-state index contributed by atoms with van der Waals surface area (Å²) in [6.07, 6.45) is 7.38. The molecule has 0 atom stereocenters. The smallest absolute Gasteiger partial charge is 0.244 e. The van der Waals surface area contributed by atoms with E-state index in [1.807, 2.05) is 28.8 Å². The second-order valence-electron chi connectivity index (χ2n) is 5.35. The Kier molecular flexibility index (Phi) is 3.69. The van der Waals surface area contributed by atoms with Gasteiger partial charge < -0.3 is 10.4 Å². The van der Waals surface area contributed by atoms with Crippen LogP contribution in [0.1, 0.15) is 25.0 Å². The van der Waals surface area contributed by atoms with Crippen molar-refractivity contribution in [3.05, 3.63) is 41.3 Å². The van der Waals surface area contributed by atoms with Crippen LogP contribution in [-0.4, -0.2) is 32.5 Å². The van der Waals surface area contributed by atoms with Gasteiger partial charge in [0.05, 0.1) is 11.3 Å². The van der Waals surface area contributed by atoms with E-state index in [2.05, 4.69) is 10.3 Å². The van der Waals surface area contributed by atoms with Crippen molar-refractivity contribution >= 4 is 29.2 Å². The highest BCUT2D eigenvalue weighted by atomic mass is 35.5. The molecule has 21 heavy (non-hydrogen) atoms. The van der Waals surface area contributed by atoms with Crippen molar-refractivity contribution in [2.24, 2.45) is 0 Å². The highest BCUT2D eigenvalue weighted by Gasteiger charge is 2.34. The largest absolute Gasteiger partial charge is 0.388 e. The molecule has 0 saturated heterocycles. The number of aliphatic hydroxyl groups is 1. The highest BCUT2D eigenvalue weighted by molar-refractivity contribution is 6.31. The Bertz CT molecular complexity index is 704. The molecule has 2 aromatic rings. The van der Waals surface area contributed by atoms with Crippen LogP contribution in [0.15, 0.2) is 30.5 Å². The highest BCUT2D eigenvalue weighted by Crippen LogP contribution is 2.30. The Morgan fingerprint density at radius 3 is 3.05 bits per heavy atom. The number of rotatable bonds is 4. The number of carbonyl (C=O) groups excluding carboxylic acids is 1. The van der Waals surface area contributed by atoms with Crippen LogP contribution in [0.5, 0.6) is 0 Å². The van der Waals surface area contributed by atoms with E-state index in [0.29, 0.717) is 10.8 Å². The summed E-state index contributed by atoms with van der Waals surface area (Å²) in [5.74, 6) is -0.253. The number of pyridine rings is 1. The Hall–Kier alpha value is -1.85. The number of halogens is 1. The first-order chi connectivity index (χ1) is 10.1. The molecule has 1 aliphatic rings. The molecule has 2 heterocycles. The fourth-order valence-electron chi connectivity index (χ4n) is 2.36. The van der Waals surface area contributed by atoms with Crippen molar-refractivity contribution in [2.45, 2.75) is 24.9 Å². The standard InChI is InChI=1S/C15H16ClN3O2/c16-14-11(19-9-2-1-4-12(19)18-14)5-6-13(20)17-10-15(21)7-3-8-15/h1-2,4-6,9,21H,3,7-8,10H2,(H,17,20). The van der Waals surface area contributed by atoms with E-state index in [4.69, 9.17) is 11.6 Å². The van der Waals surface area contributed by atoms with Crippen LogP contribution in [0, 0.1) is 0 Å². The number of amides is 1. The third kappa shape index (κ3) is 2.94. The maximum Gasteiger partial charge on any atom is 0.244 e. The zero-order chi connectivity index (χ0) is 14.9. The third-order valence-corrected chi connectivity index (χ3v) is 4.07. The fraction of sp³-hybridized carbons (Fsp3) is 0.333. The van der Waals surface area contributed by atoms with Crippen LogP contribution in [0.4, 0.5) is 0 Å². The van der Waals surface area contributed by atoms with Crippen molar-refractivity contribution in [2.75, 3.05) is 6.54 Å². The van der Waals surface area contributed by atoms with Crippen LogP contribution in [0.25, 0.3) is 11.7 Å². The first-order valence-corrected chi connectivity index (χ1v) is 7.26. The maximum atomic E-state index is 11.8. The molecule has 1 saturated carbocycles. The fourth-order valence-corrected chi connectivity index (χ4v) is 2.60. The number of hydrogen-bond acceptors (Lipinski definition) is 3. The SMILES string of the molecule is O=C(C=Cc1c(Cl)nc2ccccn12)NCC1(O)CCC1. The van der Waals surface area contributed by atoms with Crippen LogP contribution in [0.3, 0.4) is 0 Å². The zero-order valence-electron chi connectivity index (χ0n) is 11.4. The van der Waals surface area contributed by atoms with Crippen molar-refractivity contribution in [1.29, 1.82) is 0 Å². The van der Waals surface area contributed by atoms with E-state index in [9.17, 15) is 9.90 Å². The van der Waals surface area contributed by atoms with Crippen LogP contribution >= 0.6 is 11.6 Å². The average molecular weight is 306 g/mol. The van der Waals surface area contributed by atoms with Gasteiger partial charge in [0.25, 0.3) is 0 Å². The molecular weight excluding hydrogens is 290 g/mol. The first kappa shape index (κ1) is 14.1. The first-order valence-electron chi connectivity index (χ1n) is 6.88. The number of aromatic nitrogens is 2. The Labute approximate surface area is 127 Å². The molecule has 1 aliphatic carbocycles. The Balaban J connectivity index is 1.69. The second kappa shape index (κ2) is 5.50. The quantitative estimate of drug-likeness (QED) is 0.849. The van der Waals surface area contributed by atoms with Gasteiger partial charge in [0.1, 0.15) is 5.65 Å². The number of carbonyl (C=O) groups is 1. The molecule has 1 fully saturated rings. The summed E-state index contributed by atoms with van der Waals surface area (Å²) in [5, 5.41) is 13.0. The Morgan fingerprint density at radius 2 is 2.33 bits per heavy atom. The van der Waals surface area contributed by atoms with E-state index < -0.39 is 5.60 Å². The van der Waals surface area contributed by atoms with Crippen LogP contribution in [-0.2, 0) is 4.79 Å². The number of imidazole rings is 1. The minimum Gasteiger partial charge on any atom is -0.388 e. The van der Waals surface area contributed by atoms with Gasteiger partial charge in [0.2, 0.25) is 5.91 Å². The van der Waals surface area contributed by atoms with E-state index in [1.165, 1.54) is 6.08 Å². The number of hydrogen-bond donors (Lipinski definition) is 2. The van der Waals surface area contributed by atoms with Crippen molar-refractivity contribution < 1.29 is 9.90 Å².